The van der Waals surface area contributed by atoms with Crippen molar-refractivity contribution < 1.29 is 14.4 Å². The molecule has 4 N–H and O–H groups in total. The molecule has 0 aliphatic carbocycles. The first-order chi connectivity index (χ1) is 12.6. The van der Waals surface area contributed by atoms with E-state index in [-0.39, 0.29) is 29.4 Å². The summed E-state index contributed by atoms with van der Waals surface area (Å²) in [5, 5.41) is 17.4. The Balaban J connectivity index is 1.62. The van der Waals surface area contributed by atoms with Gasteiger partial charge in [0, 0.05) is 39.3 Å². The molecule has 11 nitrogen and oxygen atoms in total. The molecule has 0 bridgehead atoms. The van der Waals surface area contributed by atoms with E-state index in [1.54, 1.807) is 0 Å². The molecule has 1 atom stereocenters. The van der Waals surface area contributed by atoms with Crippen molar-refractivity contribution in [1.29, 1.82) is 0 Å². The maximum absolute atomic E-state index is 11.3. The van der Waals surface area contributed by atoms with Crippen LogP contribution in [0, 0.1) is 10.1 Å². The van der Waals surface area contributed by atoms with Gasteiger partial charge in [-0.3, -0.25) is 15.0 Å². The van der Waals surface area contributed by atoms with E-state index in [4.69, 9.17) is 15.2 Å². The van der Waals surface area contributed by atoms with Crippen LogP contribution in [-0.4, -0.2) is 78.4 Å². The Morgan fingerprint density at radius 1 is 1.27 bits per heavy atom. The molecule has 2 saturated heterocycles. The van der Waals surface area contributed by atoms with Gasteiger partial charge in [0.1, 0.15) is 0 Å². The normalized spacial score (nSPS) is 20.8. The van der Waals surface area contributed by atoms with E-state index < -0.39 is 4.92 Å². The van der Waals surface area contributed by atoms with Crippen LogP contribution in [0.4, 0.5) is 23.3 Å². The second-order valence-electron chi connectivity index (χ2n) is 6.28. The number of ether oxygens (including phenoxy) is 2. The first kappa shape index (κ1) is 18.5. The number of anilines is 3. The molecular weight excluding hydrogens is 342 g/mol. The van der Waals surface area contributed by atoms with E-state index in [1.165, 1.54) is 0 Å². The summed E-state index contributed by atoms with van der Waals surface area (Å²) in [6.45, 7) is 5.83. The van der Waals surface area contributed by atoms with Crippen molar-refractivity contribution in [3.8, 4) is 0 Å². The third-order valence-corrected chi connectivity index (χ3v) is 4.43. The molecule has 3 rings (SSSR count). The molecule has 11 heteroatoms. The average molecular weight is 367 g/mol. The molecule has 0 saturated carbocycles. The molecule has 1 aromatic heterocycles. The Bertz CT molecular complexity index is 618. The predicted octanol–water partition coefficient (Wildman–Crippen LogP) is 0.302. The highest BCUT2D eigenvalue weighted by Gasteiger charge is 2.24. The number of hydrogen-bond acceptors (Lipinski definition) is 10. The van der Waals surface area contributed by atoms with Gasteiger partial charge in [-0.15, -0.1) is 0 Å². The van der Waals surface area contributed by atoms with Crippen molar-refractivity contribution in [2.45, 2.75) is 18.9 Å². The molecule has 0 spiro atoms. The van der Waals surface area contributed by atoms with E-state index in [0.717, 1.165) is 45.7 Å². The summed E-state index contributed by atoms with van der Waals surface area (Å²) < 4.78 is 10.8. The fourth-order valence-electron chi connectivity index (χ4n) is 3.02. The first-order valence-corrected chi connectivity index (χ1v) is 8.85. The lowest BCUT2D eigenvalue weighted by Crippen LogP contribution is -2.39. The summed E-state index contributed by atoms with van der Waals surface area (Å²) in [5.41, 5.74) is 5.49. The second-order valence-corrected chi connectivity index (χ2v) is 6.28. The number of morpholine rings is 1. The lowest BCUT2D eigenvalue weighted by atomic mass is 10.2. The predicted molar refractivity (Wildman–Crippen MR) is 96.3 cm³/mol. The van der Waals surface area contributed by atoms with Gasteiger partial charge < -0.3 is 25.8 Å². The zero-order chi connectivity index (χ0) is 18.4. The Morgan fingerprint density at radius 2 is 2.08 bits per heavy atom. The molecule has 0 aromatic carbocycles. The maximum atomic E-state index is 11.3. The summed E-state index contributed by atoms with van der Waals surface area (Å²) in [6.07, 6.45) is 1.95. The van der Waals surface area contributed by atoms with Crippen molar-refractivity contribution in [1.82, 2.24) is 14.9 Å². The van der Waals surface area contributed by atoms with Crippen LogP contribution in [0.5, 0.6) is 0 Å². The van der Waals surface area contributed by atoms with Crippen LogP contribution in [0.1, 0.15) is 12.8 Å². The van der Waals surface area contributed by atoms with E-state index in [1.807, 2.05) is 0 Å². The van der Waals surface area contributed by atoms with Crippen molar-refractivity contribution in [3.05, 3.63) is 10.1 Å². The smallest absolute Gasteiger partial charge is 0.353 e. The van der Waals surface area contributed by atoms with Gasteiger partial charge in [-0.2, -0.15) is 9.97 Å². The topological polar surface area (TPSA) is 141 Å². The lowest BCUT2D eigenvalue weighted by molar-refractivity contribution is -0.383. The number of nitrogen functional groups attached to an aromatic ring is 1. The van der Waals surface area contributed by atoms with E-state index in [9.17, 15) is 10.1 Å². The van der Waals surface area contributed by atoms with Crippen LogP contribution < -0.4 is 16.4 Å². The molecule has 0 unspecified atom stereocenters. The zero-order valence-corrected chi connectivity index (χ0v) is 14.6. The third kappa shape index (κ3) is 4.90. The summed E-state index contributed by atoms with van der Waals surface area (Å²) in [4.78, 5) is 21.3. The van der Waals surface area contributed by atoms with Gasteiger partial charge in [-0.25, -0.2) is 0 Å². The number of nitrogens with one attached hydrogen (secondary N) is 2. The number of nitrogens with zero attached hydrogens (tertiary/aromatic N) is 4. The van der Waals surface area contributed by atoms with E-state index in [2.05, 4.69) is 25.5 Å². The first-order valence-electron chi connectivity index (χ1n) is 8.85. The minimum atomic E-state index is -0.565. The highest BCUT2D eigenvalue weighted by molar-refractivity contribution is 5.69. The average Bonchev–Trinajstić information content (AvgIpc) is 3.14. The fourth-order valence-corrected chi connectivity index (χ4v) is 3.02. The van der Waals surface area contributed by atoms with Crippen LogP contribution in [-0.2, 0) is 9.47 Å². The second kappa shape index (κ2) is 8.92. The summed E-state index contributed by atoms with van der Waals surface area (Å²) in [6, 6.07) is 0. The number of nitrogens with two attached hydrogens (primary N) is 1. The molecule has 144 valence electrons. The molecule has 2 aliphatic heterocycles. The van der Waals surface area contributed by atoms with Crippen LogP contribution >= 0.6 is 0 Å². The van der Waals surface area contributed by atoms with Gasteiger partial charge in [0.15, 0.2) is 0 Å². The molecule has 1 aromatic rings. The zero-order valence-electron chi connectivity index (χ0n) is 14.6. The van der Waals surface area contributed by atoms with Gasteiger partial charge in [0.25, 0.3) is 0 Å². The maximum Gasteiger partial charge on any atom is 0.353 e. The Morgan fingerprint density at radius 3 is 2.77 bits per heavy atom. The number of rotatable bonds is 8. The fraction of sp³-hybridized carbons (Fsp3) is 0.733. The van der Waals surface area contributed by atoms with Gasteiger partial charge >= 0.3 is 5.69 Å². The molecular formula is C15H25N7O4. The Labute approximate surface area is 151 Å². The highest BCUT2D eigenvalue weighted by Crippen LogP contribution is 2.29. The van der Waals surface area contributed by atoms with Crippen molar-refractivity contribution in [3.63, 3.8) is 0 Å². The number of hydrogen-bond donors (Lipinski definition) is 3. The Hall–Kier alpha value is -2.24. The monoisotopic (exact) mass is 367 g/mol. The molecule has 26 heavy (non-hydrogen) atoms. The van der Waals surface area contributed by atoms with Crippen LogP contribution in [0.15, 0.2) is 0 Å². The van der Waals surface area contributed by atoms with Gasteiger partial charge in [-0.1, -0.05) is 0 Å². The van der Waals surface area contributed by atoms with Crippen LogP contribution in [0.3, 0.4) is 0 Å². The van der Waals surface area contributed by atoms with Crippen molar-refractivity contribution in [2.75, 3.05) is 68.9 Å². The Kier molecular flexibility index (Phi) is 6.36. The molecule has 0 radical (unpaired) electrons. The molecule has 2 aliphatic rings. The summed E-state index contributed by atoms with van der Waals surface area (Å²) >= 11 is 0. The van der Waals surface area contributed by atoms with Gasteiger partial charge in [-0.05, 0) is 12.8 Å². The van der Waals surface area contributed by atoms with E-state index in [0.29, 0.717) is 19.7 Å². The number of aromatic nitrogens is 2. The molecule has 0 amide bonds. The minimum absolute atomic E-state index is 0.0310. The third-order valence-electron chi connectivity index (χ3n) is 4.43. The highest BCUT2D eigenvalue weighted by atomic mass is 16.6. The standard InChI is InChI=1S/C15H25N7O4/c16-13-12(22(23)24)14(18-10-11-2-1-7-26-11)20-15(19-13)17-3-4-21-5-8-25-9-6-21/h11H,1-10H2,(H4,16,17,18,19,20)/t11-/m0/s1. The van der Waals surface area contributed by atoms with E-state index >= 15 is 0 Å². The number of nitro groups is 1. The SMILES string of the molecule is Nc1nc(NCCN2CCOCC2)nc(NC[C@@H]2CCCO2)c1[N+](=O)[O-]. The van der Waals surface area contributed by atoms with Gasteiger partial charge in [0.2, 0.25) is 17.6 Å². The summed E-state index contributed by atoms with van der Waals surface area (Å²) in [5.74, 6) is 0.233. The lowest BCUT2D eigenvalue weighted by Gasteiger charge is -2.26. The van der Waals surface area contributed by atoms with Crippen molar-refractivity contribution >= 4 is 23.3 Å². The van der Waals surface area contributed by atoms with Crippen LogP contribution in [0.2, 0.25) is 0 Å². The minimum Gasteiger partial charge on any atom is -0.379 e. The molecule has 2 fully saturated rings. The van der Waals surface area contributed by atoms with Crippen molar-refractivity contribution in [2.24, 2.45) is 0 Å². The van der Waals surface area contributed by atoms with Gasteiger partial charge in [0.05, 0.1) is 24.2 Å². The largest absolute Gasteiger partial charge is 0.379 e. The van der Waals surface area contributed by atoms with Crippen LogP contribution in [0.25, 0.3) is 0 Å². The molecule has 3 heterocycles. The summed E-state index contributed by atoms with van der Waals surface area (Å²) in [7, 11) is 0. The quantitative estimate of drug-likeness (QED) is 0.434.